The predicted molar refractivity (Wildman–Crippen MR) is 98.5 cm³/mol. The molecule has 2 bridgehead atoms. The van der Waals surface area contributed by atoms with Crippen molar-refractivity contribution < 1.29 is 14.7 Å². The maximum absolute atomic E-state index is 13.3. The van der Waals surface area contributed by atoms with Gasteiger partial charge in [-0.05, 0) is 48.0 Å². The Morgan fingerprint density at radius 3 is 2.20 bits per heavy atom. The molecule has 1 saturated heterocycles. The van der Waals surface area contributed by atoms with Gasteiger partial charge >= 0.3 is 0 Å². The smallest absolute Gasteiger partial charge is 0.300 e. The van der Waals surface area contributed by atoms with E-state index in [-0.39, 0.29) is 10.8 Å². The van der Waals surface area contributed by atoms with Crippen LogP contribution >= 0.6 is 11.3 Å². The number of carboxylic acid groups (broad SMARTS) is 1. The molecule has 3 N–H and O–H groups in total. The fourth-order valence-corrected chi connectivity index (χ4v) is 5.83. The molecule has 2 heterocycles. The lowest BCUT2D eigenvalue weighted by molar-refractivity contribution is -0.137. The van der Waals surface area contributed by atoms with Gasteiger partial charge in [-0.1, -0.05) is 19.9 Å². The first-order chi connectivity index (χ1) is 11.7. The minimum Gasteiger partial charge on any atom is -0.481 e. The topological polar surface area (TPSA) is 83.6 Å². The molecule has 4 rings (SSSR count). The number of carbonyl (C=O) groups is 2. The number of nitrogens with two attached hydrogens (primary N) is 1. The highest BCUT2D eigenvalue weighted by Crippen LogP contribution is 2.66. The average molecular weight is 365 g/mol. The van der Waals surface area contributed by atoms with Gasteiger partial charge in [-0.15, -0.1) is 11.3 Å². The summed E-state index contributed by atoms with van der Waals surface area (Å²) in [4.78, 5) is 25.7. The SMILES string of the molecule is CC(=O)O.CC1(C)CC1(C(=O)N1C[C@H]2CC[C@@H](C1)C2N)c1cccs1. The fraction of sp³-hybridized carbons (Fsp3) is 0.684. The normalized spacial score (nSPS) is 34.9. The highest BCUT2D eigenvalue weighted by Gasteiger charge is 2.69. The van der Waals surface area contributed by atoms with Crippen LogP contribution in [0, 0.1) is 17.3 Å². The second kappa shape index (κ2) is 6.40. The van der Waals surface area contributed by atoms with E-state index in [9.17, 15) is 4.79 Å². The van der Waals surface area contributed by atoms with Crippen molar-refractivity contribution in [1.82, 2.24) is 4.90 Å². The third kappa shape index (κ3) is 3.10. The molecule has 2 unspecified atom stereocenters. The molecule has 6 heteroatoms. The van der Waals surface area contributed by atoms with E-state index in [1.807, 2.05) is 0 Å². The number of piperidine rings is 1. The molecule has 1 aromatic heterocycles. The second-order valence-electron chi connectivity index (χ2n) is 8.35. The van der Waals surface area contributed by atoms with Gasteiger partial charge in [0.15, 0.2) is 0 Å². The summed E-state index contributed by atoms with van der Waals surface area (Å²) >= 11 is 1.73. The molecule has 25 heavy (non-hydrogen) atoms. The van der Waals surface area contributed by atoms with Gasteiger partial charge in [0.25, 0.3) is 5.97 Å². The van der Waals surface area contributed by atoms with Crippen molar-refractivity contribution in [2.45, 2.75) is 51.5 Å². The molecule has 1 amide bonds. The minimum atomic E-state index is -0.833. The highest BCUT2D eigenvalue weighted by molar-refractivity contribution is 7.10. The molecule has 2 saturated carbocycles. The van der Waals surface area contributed by atoms with Crippen LogP contribution in [0.15, 0.2) is 17.5 Å². The summed E-state index contributed by atoms with van der Waals surface area (Å²) in [5.74, 6) is 0.573. The number of nitrogens with zero attached hydrogens (tertiary/aromatic N) is 1. The van der Waals surface area contributed by atoms with Gasteiger partial charge in [-0.3, -0.25) is 9.59 Å². The quantitative estimate of drug-likeness (QED) is 0.845. The lowest BCUT2D eigenvalue weighted by Gasteiger charge is -2.38. The highest BCUT2D eigenvalue weighted by atomic mass is 32.1. The Kier molecular flexibility index (Phi) is 4.71. The maximum atomic E-state index is 13.3. The van der Waals surface area contributed by atoms with Crippen molar-refractivity contribution in [2.75, 3.05) is 13.1 Å². The number of rotatable bonds is 2. The Bertz CT molecular complexity index is 640. The summed E-state index contributed by atoms with van der Waals surface area (Å²) in [6.45, 7) is 7.29. The average Bonchev–Trinajstić information content (AvgIpc) is 2.83. The minimum absolute atomic E-state index is 0.0908. The number of amides is 1. The molecular weight excluding hydrogens is 336 g/mol. The Morgan fingerprint density at radius 2 is 1.80 bits per heavy atom. The van der Waals surface area contributed by atoms with Gasteiger partial charge in [0.05, 0.1) is 5.41 Å². The summed E-state index contributed by atoms with van der Waals surface area (Å²) in [7, 11) is 0. The number of aliphatic carboxylic acids is 1. The first-order valence-electron chi connectivity index (χ1n) is 8.97. The number of likely N-dealkylation sites (tertiary alicyclic amines) is 1. The number of fused-ring (bicyclic) bond motifs is 2. The van der Waals surface area contributed by atoms with E-state index in [2.05, 4.69) is 36.3 Å². The van der Waals surface area contributed by atoms with E-state index in [0.29, 0.717) is 23.8 Å². The first kappa shape index (κ1) is 18.4. The molecule has 1 aromatic rings. The monoisotopic (exact) mass is 364 g/mol. The van der Waals surface area contributed by atoms with Crippen LogP contribution in [-0.4, -0.2) is 41.0 Å². The third-order valence-electron chi connectivity index (χ3n) is 6.24. The van der Waals surface area contributed by atoms with Crippen molar-refractivity contribution in [3.8, 4) is 0 Å². The van der Waals surface area contributed by atoms with E-state index >= 15 is 0 Å². The largest absolute Gasteiger partial charge is 0.481 e. The molecule has 5 nitrogen and oxygen atoms in total. The maximum Gasteiger partial charge on any atom is 0.300 e. The summed E-state index contributed by atoms with van der Waals surface area (Å²) < 4.78 is 0. The van der Waals surface area contributed by atoms with Crippen molar-refractivity contribution in [3.63, 3.8) is 0 Å². The van der Waals surface area contributed by atoms with Crippen LogP contribution in [0.1, 0.15) is 44.9 Å². The van der Waals surface area contributed by atoms with Crippen LogP contribution in [0.25, 0.3) is 0 Å². The molecule has 1 aliphatic heterocycles. The van der Waals surface area contributed by atoms with Gasteiger partial charge < -0.3 is 15.7 Å². The van der Waals surface area contributed by atoms with E-state index in [0.717, 1.165) is 26.4 Å². The van der Waals surface area contributed by atoms with Crippen LogP contribution in [0.5, 0.6) is 0 Å². The Labute approximate surface area is 153 Å². The summed E-state index contributed by atoms with van der Waals surface area (Å²) in [5.41, 5.74) is 6.11. The molecular formula is C19H28N2O3S. The van der Waals surface area contributed by atoms with Crippen LogP contribution in [0.4, 0.5) is 0 Å². The van der Waals surface area contributed by atoms with E-state index in [4.69, 9.17) is 15.6 Å². The summed E-state index contributed by atoms with van der Waals surface area (Å²) in [6, 6.07) is 4.53. The second-order valence-corrected chi connectivity index (χ2v) is 9.29. The first-order valence-corrected chi connectivity index (χ1v) is 9.85. The summed E-state index contributed by atoms with van der Waals surface area (Å²) in [5, 5.41) is 9.51. The number of hydrogen-bond acceptors (Lipinski definition) is 4. The molecule has 3 fully saturated rings. The summed E-state index contributed by atoms with van der Waals surface area (Å²) in [6.07, 6.45) is 3.38. The van der Waals surface area contributed by atoms with Crippen molar-refractivity contribution in [3.05, 3.63) is 22.4 Å². The Morgan fingerprint density at radius 1 is 1.28 bits per heavy atom. The standard InChI is InChI=1S/C17H24N2OS.C2H4O2/c1-16(2)10-17(16,13-4-3-7-21-13)15(20)19-8-11-5-6-12(9-19)14(11)18;1-2(3)4/h3-4,7,11-12,14H,5-6,8-10,18H2,1-2H3;1H3,(H,3,4)/t11-,12+,14?,17?;. The van der Waals surface area contributed by atoms with Gasteiger partial charge in [-0.2, -0.15) is 0 Å². The van der Waals surface area contributed by atoms with E-state index in [1.165, 1.54) is 17.7 Å². The predicted octanol–water partition coefficient (Wildman–Crippen LogP) is 2.70. The third-order valence-corrected chi connectivity index (χ3v) is 7.27. The molecule has 3 aliphatic rings. The zero-order valence-electron chi connectivity index (χ0n) is 15.2. The van der Waals surface area contributed by atoms with Crippen molar-refractivity contribution in [1.29, 1.82) is 0 Å². The van der Waals surface area contributed by atoms with Crippen molar-refractivity contribution >= 4 is 23.2 Å². The van der Waals surface area contributed by atoms with Gasteiger partial charge in [0.1, 0.15) is 0 Å². The molecule has 2 aliphatic carbocycles. The van der Waals surface area contributed by atoms with Crippen LogP contribution in [-0.2, 0) is 15.0 Å². The van der Waals surface area contributed by atoms with Crippen LogP contribution in [0.3, 0.4) is 0 Å². The zero-order valence-corrected chi connectivity index (χ0v) is 16.0. The lowest BCUT2D eigenvalue weighted by Crippen LogP contribution is -2.53. The molecule has 138 valence electrons. The number of carboxylic acids is 1. The number of thiophene rings is 1. The van der Waals surface area contributed by atoms with Gasteiger partial charge in [0, 0.05) is 30.9 Å². The number of carbonyl (C=O) groups excluding carboxylic acids is 1. The van der Waals surface area contributed by atoms with Crippen molar-refractivity contribution in [2.24, 2.45) is 23.0 Å². The van der Waals surface area contributed by atoms with Gasteiger partial charge in [-0.25, -0.2) is 0 Å². The molecule has 4 atom stereocenters. The Balaban J connectivity index is 0.000000415. The van der Waals surface area contributed by atoms with Crippen LogP contribution in [0.2, 0.25) is 0 Å². The molecule has 0 radical (unpaired) electrons. The fourth-order valence-electron chi connectivity index (χ4n) is 4.73. The lowest BCUT2D eigenvalue weighted by atomic mass is 9.88. The molecule has 0 spiro atoms. The molecule has 0 aromatic carbocycles. The zero-order chi connectivity index (χ0) is 18.4. The Hall–Kier alpha value is -1.40. The van der Waals surface area contributed by atoms with E-state index in [1.54, 1.807) is 11.3 Å². The van der Waals surface area contributed by atoms with Crippen LogP contribution < -0.4 is 5.73 Å². The van der Waals surface area contributed by atoms with E-state index < -0.39 is 5.97 Å². The van der Waals surface area contributed by atoms with Gasteiger partial charge in [0.2, 0.25) is 5.91 Å². The number of hydrogen-bond donors (Lipinski definition) is 2.